The first kappa shape index (κ1) is 26.4. The fraction of sp³-hybridized carbons (Fsp3) is 0.409. The molecule has 12 heteroatoms. The van der Waals surface area contributed by atoms with Crippen LogP contribution in [-0.2, 0) is 16.0 Å². The van der Waals surface area contributed by atoms with Crippen LogP contribution in [0, 0.1) is 5.82 Å². The summed E-state index contributed by atoms with van der Waals surface area (Å²) in [5.41, 5.74) is -3.68. The highest BCUT2D eigenvalue weighted by Gasteiger charge is 2.43. The molecule has 34 heavy (non-hydrogen) atoms. The van der Waals surface area contributed by atoms with Crippen molar-refractivity contribution in [2.45, 2.75) is 54.6 Å². The van der Waals surface area contributed by atoms with E-state index in [2.05, 4.69) is 5.32 Å². The molecule has 0 saturated heterocycles. The van der Waals surface area contributed by atoms with Crippen LogP contribution in [0.3, 0.4) is 0 Å². The maximum atomic E-state index is 14.2. The lowest BCUT2D eigenvalue weighted by atomic mass is 9.76. The standard InChI is InChI=1S/C22H21ClF5NO4S/c1-34(32,33)17-11-12(22(26,27)28)5-6-14(17)20(30)29-19(15-3-2-4-16(25)18(15)23)21(31)9-7-13(24)8-10-21/h2-6,11,13,19,31H,7-10H2,1H3,(H,29,30). The van der Waals surface area contributed by atoms with E-state index in [4.69, 9.17) is 11.6 Å². The van der Waals surface area contributed by atoms with Gasteiger partial charge < -0.3 is 10.4 Å². The van der Waals surface area contributed by atoms with Crippen LogP contribution in [0.1, 0.15) is 53.2 Å². The summed E-state index contributed by atoms with van der Waals surface area (Å²) in [6, 6.07) is 3.87. The second-order valence-electron chi connectivity index (χ2n) is 8.31. The van der Waals surface area contributed by atoms with E-state index in [0.29, 0.717) is 24.5 Å². The van der Waals surface area contributed by atoms with Crippen LogP contribution in [0.2, 0.25) is 5.02 Å². The number of halogens is 6. The first-order valence-corrected chi connectivity index (χ1v) is 12.4. The molecule has 0 aromatic heterocycles. The number of sulfone groups is 1. The number of aliphatic hydroxyl groups is 1. The first-order valence-electron chi connectivity index (χ1n) is 10.2. The summed E-state index contributed by atoms with van der Waals surface area (Å²) in [7, 11) is -4.28. The van der Waals surface area contributed by atoms with Gasteiger partial charge in [0.1, 0.15) is 12.0 Å². The molecule has 1 fully saturated rings. The second kappa shape index (κ2) is 9.43. The van der Waals surface area contributed by atoms with Crippen molar-refractivity contribution >= 4 is 27.3 Å². The average molecular weight is 526 g/mol. The molecule has 2 N–H and O–H groups in total. The molecule has 3 rings (SSSR count). The minimum Gasteiger partial charge on any atom is -0.387 e. The number of alkyl halides is 4. The van der Waals surface area contributed by atoms with Crippen molar-refractivity contribution in [1.29, 1.82) is 0 Å². The fourth-order valence-electron chi connectivity index (χ4n) is 4.02. The van der Waals surface area contributed by atoms with Crippen molar-refractivity contribution in [3.05, 3.63) is 63.9 Å². The van der Waals surface area contributed by atoms with Gasteiger partial charge in [-0.1, -0.05) is 23.7 Å². The third-order valence-corrected chi connectivity index (χ3v) is 7.37. The van der Waals surface area contributed by atoms with E-state index in [1.165, 1.54) is 12.1 Å². The van der Waals surface area contributed by atoms with Crippen molar-refractivity contribution in [2.24, 2.45) is 0 Å². The van der Waals surface area contributed by atoms with Gasteiger partial charge in [0, 0.05) is 6.26 Å². The Hall–Kier alpha value is -2.24. The Kier molecular flexibility index (Phi) is 7.31. The lowest BCUT2D eigenvalue weighted by molar-refractivity contribution is -0.137. The van der Waals surface area contributed by atoms with E-state index in [0.717, 1.165) is 6.07 Å². The van der Waals surface area contributed by atoms with Gasteiger partial charge >= 0.3 is 6.18 Å². The molecule has 0 radical (unpaired) electrons. The van der Waals surface area contributed by atoms with Crippen LogP contribution >= 0.6 is 11.6 Å². The van der Waals surface area contributed by atoms with Crippen LogP contribution < -0.4 is 5.32 Å². The van der Waals surface area contributed by atoms with E-state index in [-0.39, 0.29) is 31.2 Å². The molecule has 1 amide bonds. The van der Waals surface area contributed by atoms with E-state index < -0.39 is 66.6 Å². The lowest BCUT2D eigenvalue weighted by Crippen LogP contribution is -2.49. The van der Waals surface area contributed by atoms with Crippen LogP contribution in [-0.4, -0.2) is 37.5 Å². The summed E-state index contributed by atoms with van der Waals surface area (Å²) < 4.78 is 91.6. The van der Waals surface area contributed by atoms with Gasteiger partial charge in [0.2, 0.25) is 0 Å². The molecular weight excluding hydrogens is 505 g/mol. The van der Waals surface area contributed by atoms with E-state index in [1.807, 2.05) is 0 Å². The molecule has 0 heterocycles. The van der Waals surface area contributed by atoms with Gasteiger partial charge in [-0.2, -0.15) is 13.2 Å². The van der Waals surface area contributed by atoms with Crippen molar-refractivity contribution in [3.63, 3.8) is 0 Å². The molecular formula is C22H21ClF5NO4S. The molecule has 186 valence electrons. The molecule has 0 aliphatic heterocycles. The van der Waals surface area contributed by atoms with Crippen LogP contribution in [0.15, 0.2) is 41.3 Å². The van der Waals surface area contributed by atoms with Gasteiger partial charge in [-0.05, 0) is 55.5 Å². The number of benzene rings is 2. The summed E-state index contributed by atoms with van der Waals surface area (Å²) in [5, 5.41) is 13.3. The maximum Gasteiger partial charge on any atom is 0.416 e. The zero-order valence-corrected chi connectivity index (χ0v) is 19.4. The van der Waals surface area contributed by atoms with Gasteiger partial charge in [0.15, 0.2) is 9.84 Å². The first-order chi connectivity index (χ1) is 15.6. The topological polar surface area (TPSA) is 83.5 Å². The van der Waals surface area contributed by atoms with Gasteiger partial charge in [-0.25, -0.2) is 17.2 Å². The van der Waals surface area contributed by atoms with Crippen LogP contribution in [0.5, 0.6) is 0 Å². The molecule has 0 spiro atoms. The second-order valence-corrected chi connectivity index (χ2v) is 10.7. The molecule has 1 unspecified atom stereocenters. The minimum atomic E-state index is -4.85. The Morgan fingerprint density at radius 1 is 1.21 bits per heavy atom. The van der Waals surface area contributed by atoms with Crippen molar-refractivity contribution in [2.75, 3.05) is 6.26 Å². The Bertz CT molecular complexity index is 1190. The summed E-state index contributed by atoms with van der Waals surface area (Å²) in [4.78, 5) is 12.3. The molecule has 0 bridgehead atoms. The molecule has 5 nitrogen and oxygen atoms in total. The van der Waals surface area contributed by atoms with E-state index >= 15 is 0 Å². The average Bonchev–Trinajstić information content (AvgIpc) is 2.74. The highest BCUT2D eigenvalue weighted by Crippen LogP contribution is 2.42. The number of hydrogen-bond acceptors (Lipinski definition) is 4. The maximum absolute atomic E-state index is 14.2. The Balaban J connectivity index is 2.09. The zero-order chi connectivity index (χ0) is 25.5. The summed E-state index contributed by atoms with van der Waals surface area (Å²) in [6.07, 6.45) is -5.75. The summed E-state index contributed by atoms with van der Waals surface area (Å²) in [5.74, 6) is -1.98. The monoisotopic (exact) mass is 525 g/mol. The largest absolute Gasteiger partial charge is 0.416 e. The van der Waals surface area contributed by atoms with Crippen LogP contribution in [0.4, 0.5) is 22.0 Å². The lowest BCUT2D eigenvalue weighted by Gasteiger charge is -2.41. The Morgan fingerprint density at radius 2 is 1.82 bits per heavy atom. The van der Waals surface area contributed by atoms with Crippen LogP contribution in [0.25, 0.3) is 0 Å². The predicted octanol–water partition coefficient (Wildman–Crippen LogP) is 5.02. The van der Waals surface area contributed by atoms with Gasteiger partial charge in [-0.15, -0.1) is 0 Å². The highest BCUT2D eigenvalue weighted by molar-refractivity contribution is 7.90. The van der Waals surface area contributed by atoms with Crippen molar-refractivity contribution in [3.8, 4) is 0 Å². The molecule has 1 atom stereocenters. The number of nitrogens with one attached hydrogen (secondary N) is 1. The molecule has 1 aliphatic rings. The number of carbonyl (C=O) groups excluding carboxylic acids is 1. The molecule has 2 aromatic rings. The minimum absolute atomic E-state index is 0.0392. The quantitative estimate of drug-likeness (QED) is 0.537. The fourth-order valence-corrected chi connectivity index (χ4v) is 5.15. The number of rotatable bonds is 5. The smallest absolute Gasteiger partial charge is 0.387 e. The van der Waals surface area contributed by atoms with Gasteiger partial charge in [0.25, 0.3) is 5.91 Å². The number of carbonyl (C=O) groups is 1. The number of hydrogen-bond donors (Lipinski definition) is 2. The van der Waals surface area contributed by atoms with E-state index in [1.54, 1.807) is 0 Å². The van der Waals surface area contributed by atoms with Gasteiger partial charge in [0.05, 0.1) is 32.7 Å². The molecule has 2 aromatic carbocycles. The molecule has 1 aliphatic carbocycles. The summed E-state index contributed by atoms with van der Waals surface area (Å²) in [6.45, 7) is 0. The number of amides is 1. The molecule has 1 saturated carbocycles. The Labute approximate surface area is 197 Å². The summed E-state index contributed by atoms with van der Waals surface area (Å²) >= 11 is 6.07. The normalized spacial score (nSPS) is 22.3. The zero-order valence-electron chi connectivity index (χ0n) is 17.8. The van der Waals surface area contributed by atoms with Crippen molar-refractivity contribution in [1.82, 2.24) is 5.32 Å². The highest BCUT2D eigenvalue weighted by atomic mass is 35.5. The Morgan fingerprint density at radius 3 is 2.38 bits per heavy atom. The van der Waals surface area contributed by atoms with E-state index in [9.17, 15) is 40.3 Å². The predicted molar refractivity (Wildman–Crippen MR) is 114 cm³/mol. The van der Waals surface area contributed by atoms with Gasteiger partial charge in [-0.3, -0.25) is 4.79 Å². The third-order valence-electron chi connectivity index (χ3n) is 5.84. The van der Waals surface area contributed by atoms with Crippen molar-refractivity contribution < 1.29 is 40.3 Å². The third kappa shape index (κ3) is 5.52. The SMILES string of the molecule is CS(=O)(=O)c1cc(C(F)(F)F)ccc1C(=O)NC(c1cccc(F)c1Cl)C1(O)CCC(F)CC1.